The van der Waals surface area contributed by atoms with Gasteiger partial charge in [0.05, 0.1) is 23.1 Å². The smallest absolute Gasteiger partial charge is 0.258 e. The predicted octanol–water partition coefficient (Wildman–Crippen LogP) is 3.62. The number of halogens is 2. The van der Waals surface area contributed by atoms with Crippen molar-refractivity contribution < 1.29 is 14.0 Å². The quantitative estimate of drug-likeness (QED) is 0.744. The van der Waals surface area contributed by atoms with E-state index in [0.29, 0.717) is 10.7 Å². The van der Waals surface area contributed by atoms with Crippen molar-refractivity contribution in [1.82, 2.24) is 14.7 Å². The highest BCUT2D eigenvalue weighted by atomic mass is 35.5. The summed E-state index contributed by atoms with van der Waals surface area (Å²) in [5, 5.41) is 7.14. The standard InChI is InChI=1S/C19H16ClFN4O2/c1-24(2)19(27)12-6-7-16(21)17(8-12)23-18(26)13-10-22-25(11-13)15-5-3-4-14(20)9-15/h3-11H,1-2H3,(H,23,26). The Hall–Kier alpha value is -3.19. The zero-order chi connectivity index (χ0) is 19.6. The fourth-order valence-corrected chi connectivity index (χ4v) is 2.59. The molecule has 0 unspecified atom stereocenters. The Labute approximate surface area is 160 Å². The van der Waals surface area contributed by atoms with E-state index in [9.17, 15) is 14.0 Å². The maximum Gasteiger partial charge on any atom is 0.258 e. The molecule has 6 nitrogen and oxygen atoms in total. The number of amides is 2. The van der Waals surface area contributed by atoms with Gasteiger partial charge in [-0.25, -0.2) is 9.07 Å². The van der Waals surface area contributed by atoms with Gasteiger partial charge in [-0.1, -0.05) is 17.7 Å². The zero-order valence-corrected chi connectivity index (χ0v) is 15.4. The van der Waals surface area contributed by atoms with E-state index >= 15 is 0 Å². The molecule has 0 aliphatic heterocycles. The highest BCUT2D eigenvalue weighted by molar-refractivity contribution is 6.30. The van der Waals surface area contributed by atoms with Crippen LogP contribution in [0.3, 0.4) is 0 Å². The highest BCUT2D eigenvalue weighted by Gasteiger charge is 2.15. The molecule has 0 atom stereocenters. The summed E-state index contributed by atoms with van der Waals surface area (Å²) in [6, 6.07) is 10.8. The van der Waals surface area contributed by atoms with E-state index in [4.69, 9.17) is 11.6 Å². The van der Waals surface area contributed by atoms with Gasteiger partial charge in [0.2, 0.25) is 0 Å². The van der Waals surface area contributed by atoms with E-state index in [1.165, 1.54) is 34.1 Å². The second kappa shape index (κ2) is 7.59. The first-order valence-electron chi connectivity index (χ1n) is 7.98. The van der Waals surface area contributed by atoms with Gasteiger partial charge in [0.25, 0.3) is 11.8 Å². The van der Waals surface area contributed by atoms with Crippen molar-refractivity contribution >= 4 is 29.1 Å². The fraction of sp³-hybridized carbons (Fsp3) is 0.105. The first-order chi connectivity index (χ1) is 12.8. The molecule has 8 heteroatoms. The number of rotatable bonds is 4. The number of carbonyl (C=O) groups is 2. The zero-order valence-electron chi connectivity index (χ0n) is 14.6. The number of carbonyl (C=O) groups excluding carboxylic acids is 2. The summed E-state index contributed by atoms with van der Waals surface area (Å²) in [4.78, 5) is 25.8. The predicted molar refractivity (Wildman–Crippen MR) is 101 cm³/mol. The number of hydrogen-bond donors (Lipinski definition) is 1. The van der Waals surface area contributed by atoms with Gasteiger partial charge in [-0.3, -0.25) is 9.59 Å². The van der Waals surface area contributed by atoms with Crippen molar-refractivity contribution in [3.05, 3.63) is 76.8 Å². The van der Waals surface area contributed by atoms with Crippen LogP contribution in [0.4, 0.5) is 10.1 Å². The second-order valence-electron chi connectivity index (χ2n) is 6.00. The molecule has 3 rings (SSSR count). The number of nitrogens with zero attached hydrogens (tertiary/aromatic N) is 3. The SMILES string of the molecule is CN(C)C(=O)c1ccc(F)c(NC(=O)c2cnn(-c3cccc(Cl)c3)c2)c1. The van der Waals surface area contributed by atoms with Gasteiger partial charge in [-0.15, -0.1) is 0 Å². The molecule has 1 aromatic heterocycles. The molecule has 3 aromatic rings. The van der Waals surface area contributed by atoms with E-state index < -0.39 is 11.7 Å². The average Bonchev–Trinajstić information content (AvgIpc) is 3.13. The second-order valence-corrected chi connectivity index (χ2v) is 6.44. The first-order valence-corrected chi connectivity index (χ1v) is 8.36. The molecule has 2 aromatic carbocycles. The molecule has 27 heavy (non-hydrogen) atoms. The lowest BCUT2D eigenvalue weighted by molar-refractivity contribution is 0.0827. The monoisotopic (exact) mass is 386 g/mol. The highest BCUT2D eigenvalue weighted by Crippen LogP contribution is 2.19. The third-order valence-electron chi connectivity index (χ3n) is 3.79. The van der Waals surface area contributed by atoms with Crippen LogP contribution in [0.5, 0.6) is 0 Å². The Bertz CT molecular complexity index is 1020. The minimum absolute atomic E-state index is 0.0804. The molecule has 138 valence electrons. The number of anilines is 1. The lowest BCUT2D eigenvalue weighted by atomic mass is 10.1. The summed E-state index contributed by atoms with van der Waals surface area (Å²) >= 11 is 5.96. The maximum absolute atomic E-state index is 14.0. The molecule has 0 spiro atoms. The van der Waals surface area contributed by atoms with Gasteiger partial charge in [-0.05, 0) is 36.4 Å². The van der Waals surface area contributed by atoms with Crippen molar-refractivity contribution in [2.75, 3.05) is 19.4 Å². The van der Waals surface area contributed by atoms with Crippen molar-refractivity contribution in [2.45, 2.75) is 0 Å². The third-order valence-corrected chi connectivity index (χ3v) is 4.02. The van der Waals surface area contributed by atoms with Gasteiger partial charge in [0.15, 0.2) is 0 Å². The fourth-order valence-electron chi connectivity index (χ4n) is 2.41. The molecular formula is C19H16ClFN4O2. The molecule has 0 saturated carbocycles. The molecule has 0 saturated heterocycles. The van der Waals surface area contributed by atoms with Crippen LogP contribution < -0.4 is 5.32 Å². The van der Waals surface area contributed by atoms with Gasteiger partial charge in [0, 0.05) is 30.9 Å². The summed E-state index contributed by atoms with van der Waals surface area (Å²) in [6.07, 6.45) is 2.87. The molecule has 1 N–H and O–H groups in total. The van der Waals surface area contributed by atoms with Crippen LogP contribution in [0.1, 0.15) is 20.7 Å². The molecule has 0 radical (unpaired) electrons. The molecule has 1 heterocycles. The first kappa shape index (κ1) is 18.6. The minimum atomic E-state index is -0.638. The van der Waals surface area contributed by atoms with Crippen molar-refractivity contribution in [2.24, 2.45) is 0 Å². The number of nitrogens with one attached hydrogen (secondary N) is 1. The largest absolute Gasteiger partial charge is 0.345 e. The number of benzene rings is 2. The molecule has 0 aliphatic carbocycles. The van der Waals surface area contributed by atoms with Crippen molar-refractivity contribution in [3.8, 4) is 5.69 Å². The molecule has 0 fully saturated rings. The number of hydrogen-bond acceptors (Lipinski definition) is 3. The van der Waals surface area contributed by atoms with Crippen LogP contribution >= 0.6 is 11.6 Å². The summed E-state index contributed by atoms with van der Waals surface area (Å²) in [5.74, 6) is -1.48. The van der Waals surface area contributed by atoms with E-state index in [1.54, 1.807) is 38.4 Å². The molecule has 0 bridgehead atoms. The Morgan fingerprint density at radius 3 is 2.63 bits per heavy atom. The van der Waals surface area contributed by atoms with E-state index in [1.807, 2.05) is 0 Å². The Morgan fingerprint density at radius 2 is 1.93 bits per heavy atom. The lowest BCUT2D eigenvalue weighted by Crippen LogP contribution is -2.22. The van der Waals surface area contributed by atoms with Gasteiger partial charge >= 0.3 is 0 Å². The summed E-state index contributed by atoms with van der Waals surface area (Å²) < 4.78 is 15.5. The topological polar surface area (TPSA) is 67.2 Å². The average molecular weight is 387 g/mol. The van der Waals surface area contributed by atoms with Crippen LogP contribution in [0.25, 0.3) is 5.69 Å². The van der Waals surface area contributed by atoms with Gasteiger partial charge in [-0.2, -0.15) is 5.10 Å². The molecular weight excluding hydrogens is 371 g/mol. The van der Waals surface area contributed by atoms with E-state index in [-0.39, 0.29) is 22.7 Å². The molecule has 2 amide bonds. The van der Waals surface area contributed by atoms with Gasteiger partial charge in [0.1, 0.15) is 5.82 Å². The van der Waals surface area contributed by atoms with Crippen LogP contribution in [0.2, 0.25) is 5.02 Å². The summed E-state index contributed by atoms with van der Waals surface area (Å²) in [5.41, 5.74) is 1.11. The van der Waals surface area contributed by atoms with Crippen LogP contribution in [0, 0.1) is 5.82 Å². The van der Waals surface area contributed by atoms with E-state index in [0.717, 1.165) is 6.07 Å². The Morgan fingerprint density at radius 1 is 1.15 bits per heavy atom. The maximum atomic E-state index is 14.0. The molecule has 0 aliphatic rings. The van der Waals surface area contributed by atoms with Crippen LogP contribution in [-0.2, 0) is 0 Å². The third kappa shape index (κ3) is 4.15. The summed E-state index contributed by atoms with van der Waals surface area (Å²) in [7, 11) is 3.18. The Kier molecular flexibility index (Phi) is 5.23. The van der Waals surface area contributed by atoms with Crippen LogP contribution in [0.15, 0.2) is 54.9 Å². The van der Waals surface area contributed by atoms with Crippen LogP contribution in [-0.4, -0.2) is 40.6 Å². The van der Waals surface area contributed by atoms with Crippen molar-refractivity contribution in [3.63, 3.8) is 0 Å². The normalized spacial score (nSPS) is 10.5. The summed E-state index contributed by atoms with van der Waals surface area (Å²) in [6.45, 7) is 0. The minimum Gasteiger partial charge on any atom is -0.345 e. The van der Waals surface area contributed by atoms with E-state index in [2.05, 4.69) is 10.4 Å². The van der Waals surface area contributed by atoms with Crippen molar-refractivity contribution in [1.29, 1.82) is 0 Å². The number of aromatic nitrogens is 2. The lowest BCUT2D eigenvalue weighted by Gasteiger charge is -2.12. The van der Waals surface area contributed by atoms with Gasteiger partial charge < -0.3 is 10.2 Å². The Balaban J connectivity index is 1.82.